The van der Waals surface area contributed by atoms with Crippen LogP contribution in [0.2, 0.25) is 0 Å². The lowest BCUT2D eigenvalue weighted by Crippen LogP contribution is -2.11. The molecule has 4 rings (SSSR count). The molecule has 22 heavy (non-hydrogen) atoms. The summed E-state index contributed by atoms with van der Waals surface area (Å²) in [5.74, 6) is -0.0770. The van der Waals surface area contributed by atoms with Crippen molar-refractivity contribution < 1.29 is 4.79 Å². The van der Waals surface area contributed by atoms with Gasteiger partial charge in [-0.05, 0) is 52.9 Å². The van der Waals surface area contributed by atoms with Crippen LogP contribution in [0.15, 0.2) is 72.8 Å². The fourth-order valence-electron chi connectivity index (χ4n) is 2.99. The van der Waals surface area contributed by atoms with Crippen molar-refractivity contribution in [3.8, 4) is 11.1 Å². The van der Waals surface area contributed by atoms with Gasteiger partial charge in [-0.3, -0.25) is 4.79 Å². The Morgan fingerprint density at radius 1 is 0.773 bits per heavy atom. The molecule has 0 saturated heterocycles. The summed E-state index contributed by atoms with van der Waals surface area (Å²) in [7, 11) is 0. The third kappa shape index (κ3) is 2.19. The van der Waals surface area contributed by atoms with Crippen molar-refractivity contribution in [2.75, 3.05) is 5.32 Å². The van der Waals surface area contributed by atoms with Gasteiger partial charge in [-0.15, -0.1) is 0 Å². The Morgan fingerprint density at radius 3 is 2.36 bits per heavy atom. The Balaban J connectivity index is 1.65. The first-order valence-electron chi connectivity index (χ1n) is 7.39. The first-order chi connectivity index (χ1) is 10.8. The fraction of sp³-hybridized carbons (Fsp3) is 0.0500. The molecule has 1 aliphatic rings. The number of benzene rings is 3. The lowest BCUT2D eigenvalue weighted by atomic mass is 10.1. The fourth-order valence-corrected chi connectivity index (χ4v) is 2.99. The van der Waals surface area contributed by atoms with Gasteiger partial charge < -0.3 is 5.32 Å². The maximum atomic E-state index is 12.2. The molecule has 3 aromatic carbocycles. The second-order valence-electron chi connectivity index (χ2n) is 5.53. The molecule has 2 heteroatoms. The molecule has 0 radical (unpaired) electrons. The smallest absolute Gasteiger partial charge is 0.255 e. The maximum absolute atomic E-state index is 12.2. The molecule has 0 unspecified atom stereocenters. The first kappa shape index (κ1) is 12.8. The predicted molar refractivity (Wildman–Crippen MR) is 89.1 cm³/mol. The number of amides is 1. The van der Waals surface area contributed by atoms with E-state index < -0.39 is 0 Å². The van der Waals surface area contributed by atoms with E-state index >= 15 is 0 Å². The molecule has 106 valence electrons. The average Bonchev–Trinajstić information content (AvgIpc) is 2.94. The molecule has 0 fully saturated rings. The van der Waals surface area contributed by atoms with E-state index in [9.17, 15) is 4.79 Å². The minimum absolute atomic E-state index is 0.0770. The van der Waals surface area contributed by atoms with Gasteiger partial charge in [0.25, 0.3) is 5.91 Å². The second kappa shape index (κ2) is 5.15. The van der Waals surface area contributed by atoms with E-state index in [1.165, 1.54) is 22.3 Å². The van der Waals surface area contributed by atoms with Crippen LogP contribution in [0, 0.1) is 0 Å². The zero-order valence-corrected chi connectivity index (χ0v) is 12.0. The lowest BCUT2D eigenvalue weighted by molar-refractivity contribution is 0.102. The highest BCUT2D eigenvalue weighted by Crippen LogP contribution is 2.37. The zero-order chi connectivity index (χ0) is 14.9. The van der Waals surface area contributed by atoms with Crippen molar-refractivity contribution in [2.24, 2.45) is 0 Å². The molecule has 1 N–H and O–H groups in total. The van der Waals surface area contributed by atoms with Gasteiger partial charge >= 0.3 is 0 Å². The van der Waals surface area contributed by atoms with Crippen LogP contribution >= 0.6 is 0 Å². The molecule has 0 saturated carbocycles. The molecule has 0 aromatic heterocycles. The van der Waals surface area contributed by atoms with Crippen molar-refractivity contribution in [2.45, 2.75) is 6.42 Å². The Hall–Kier alpha value is -2.87. The van der Waals surface area contributed by atoms with Crippen LogP contribution in [0.1, 0.15) is 21.5 Å². The molecule has 0 heterocycles. The van der Waals surface area contributed by atoms with Gasteiger partial charge in [0, 0.05) is 11.3 Å². The van der Waals surface area contributed by atoms with Crippen LogP contribution in [0.3, 0.4) is 0 Å². The summed E-state index contributed by atoms with van der Waals surface area (Å²) >= 11 is 0. The number of hydrogen-bond acceptors (Lipinski definition) is 1. The summed E-state index contributed by atoms with van der Waals surface area (Å²) in [6, 6.07) is 23.9. The number of carbonyl (C=O) groups is 1. The van der Waals surface area contributed by atoms with E-state index in [-0.39, 0.29) is 5.91 Å². The van der Waals surface area contributed by atoms with E-state index in [2.05, 4.69) is 41.7 Å². The number of anilines is 1. The Labute approximate surface area is 129 Å². The van der Waals surface area contributed by atoms with E-state index in [1.54, 1.807) is 0 Å². The van der Waals surface area contributed by atoms with Gasteiger partial charge in [0.15, 0.2) is 0 Å². The zero-order valence-electron chi connectivity index (χ0n) is 12.0. The molecular formula is C20H15NO. The van der Waals surface area contributed by atoms with Gasteiger partial charge in [0.1, 0.15) is 0 Å². The van der Waals surface area contributed by atoms with Gasteiger partial charge in [-0.25, -0.2) is 0 Å². The first-order valence-corrected chi connectivity index (χ1v) is 7.39. The van der Waals surface area contributed by atoms with Crippen LogP contribution in [0.25, 0.3) is 11.1 Å². The summed E-state index contributed by atoms with van der Waals surface area (Å²) in [5.41, 5.74) is 6.67. The normalized spacial score (nSPS) is 11.6. The van der Waals surface area contributed by atoms with Crippen molar-refractivity contribution in [3.63, 3.8) is 0 Å². The standard InChI is InChI=1S/C20H15NO/c22-20(14-6-2-1-3-7-14)21-17-11-10-16-12-15-8-4-5-9-18(15)19(16)13-17/h1-11,13H,12H2,(H,21,22). The minimum atomic E-state index is -0.0770. The summed E-state index contributed by atoms with van der Waals surface area (Å²) in [6.07, 6.45) is 0.971. The SMILES string of the molecule is O=C(Nc1ccc2c(c1)-c1ccccc1C2)c1ccccc1. The van der Waals surface area contributed by atoms with Gasteiger partial charge in [-0.1, -0.05) is 48.5 Å². The van der Waals surface area contributed by atoms with Crippen LogP contribution in [0.4, 0.5) is 5.69 Å². The van der Waals surface area contributed by atoms with Gasteiger partial charge in [0.05, 0.1) is 0 Å². The number of carbonyl (C=O) groups excluding carboxylic acids is 1. The summed E-state index contributed by atoms with van der Waals surface area (Å²) < 4.78 is 0. The van der Waals surface area contributed by atoms with Gasteiger partial charge in [-0.2, -0.15) is 0 Å². The van der Waals surface area contributed by atoms with E-state index in [0.717, 1.165) is 12.1 Å². The minimum Gasteiger partial charge on any atom is -0.322 e. The highest BCUT2D eigenvalue weighted by molar-refractivity contribution is 6.04. The molecule has 3 aromatic rings. The van der Waals surface area contributed by atoms with Crippen LogP contribution < -0.4 is 5.32 Å². The molecule has 1 aliphatic carbocycles. The summed E-state index contributed by atoms with van der Waals surface area (Å²) in [5, 5.41) is 2.98. The molecule has 0 atom stereocenters. The van der Waals surface area contributed by atoms with Crippen LogP contribution in [-0.4, -0.2) is 5.91 Å². The average molecular weight is 285 g/mol. The third-order valence-electron chi connectivity index (χ3n) is 4.09. The molecule has 2 nitrogen and oxygen atoms in total. The van der Waals surface area contributed by atoms with Crippen molar-refractivity contribution in [1.82, 2.24) is 0 Å². The Morgan fingerprint density at radius 2 is 1.50 bits per heavy atom. The monoisotopic (exact) mass is 285 g/mol. The van der Waals surface area contributed by atoms with Gasteiger partial charge in [0.2, 0.25) is 0 Å². The molecule has 0 spiro atoms. The quantitative estimate of drug-likeness (QED) is 0.577. The Kier molecular flexibility index (Phi) is 3.01. The number of nitrogens with one attached hydrogen (secondary N) is 1. The molecule has 1 amide bonds. The second-order valence-corrected chi connectivity index (χ2v) is 5.53. The summed E-state index contributed by atoms with van der Waals surface area (Å²) in [6.45, 7) is 0. The maximum Gasteiger partial charge on any atom is 0.255 e. The highest BCUT2D eigenvalue weighted by atomic mass is 16.1. The molecule has 0 aliphatic heterocycles. The molecule has 0 bridgehead atoms. The van der Waals surface area contributed by atoms with Crippen LogP contribution in [-0.2, 0) is 6.42 Å². The molecular weight excluding hydrogens is 270 g/mol. The largest absolute Gasteiger partial charge is 0.322 e. The third-order valence-corrected chi connectivity index (χ3v) is 4.09. The lowest BCUT2D eigenvalue weighted by Gasteiger charge is -2.08. The number of hydrogen-bond donors (Lipinski definition) is 1. The predicted octanol–water partition coefficient (Wildman–Crippen LogP) is 4.51. The van der Waals surface area contributed by atoms with Crippen molar-refractivity contribution in [3.05, 3.63) is 89.5 Å². The van der Waals surface area contributed by atoms with E-state index in [4.69, 9.17) is 0 Å². The van der Waals surface area contributed by atoms with E-state index in [0.29, 0.717) is 5.56 Å². The topological polar surface area (TPSA) is 29.1 Å². The summed E-state index contributed by atoms with van der Waals surface area (Å²) in [4.78, 5) is 12.2. The number of fused-ring (bicyclic) bond motifs is 3. The number of rotatable bonds is 2. The van der Waals surface area contributed by atoms with E-state index in [1.807, 2.05) is 36.4 Å². The Bertz CT molecular complexity index is 853. The van der Waals surface area contributed by atoms with Crippen molar-refractivity contribution >= 4 is 11.6 Å². The van der Waals surface area contributed by atoms with Crippen molar-refractivity contribution in [1.29, 1.82) is 0 Å². The highest BCUT2D eigenvalue weighted by Gasteiger charge is 2.18. The van der Waals surface area contributed by atoms with Crippen LogP contribution in [0.5, 0.6) is 0 Å².